The minimum absolute atomic E-state index is 0.153. The van der Waals surface area contributed by atoms with Crippen LogP contribution in [0.25, 0.3) is 0 Å². The van der Waals surface area contributed by atoms with Crippen LogP contribution < -0.4 is 5.32 Å². The highest BCUT2D eigenvalue weighted by atomic mass is 16.2. The number of likely N-dealkylation sites (tertiary alicyclic amines) is 1. The second kappa shape index (κ2) is 7.08. The van der Waals surface area contributed by atoms with E-state index >= 15 is 0 Å². The molecule has 1 amide bonds. The molecule has 2 rings (SSSR count). The monoisotopic (exact) mass is 288 g/mol. The van der Waals surface area contributed by atoms with Crippen LogP contribution in [-0.4, -0.2) is 30.4 Å². The lowest BCUT2D eigenvalue weighted by molar-refractivity contribution is -0.122. The Hall–Kier alpha value is -1.35. The highest BCUT2D eigenvalue weighted by Crippen LogP contribution is 2.32. The summed E-state index contributed by atoms with van der Waals surface area (Å²) in [6.07, 6.45) is 2.33. The standard InChI is InChI=1S/C18H28N2O/c1-13(2)11-19-18(21)12-20-7-5-6-17(20)16-9-14(3)8-15(4)10-16/h8-10,13,17H,5-7,11-12H2,1-4H3,(H,19,21). The molecule has 1 aliphatic heterocycles. The molecule has 116 valence electrons. The van der Waals surface area contributed by atoms with Gasteiger partial charge in [0.05, 0.1) is 6.54 Å². The quantitative estimate of drug-likeness (QED) is 0.902. The van der Waals surface area contributed by atoms with Gasteiger partial charge in [-0.15, -0.1) is 0 Å². The van der Waals surface area contributed by atoms with Gasteiger partial charge in [0.25, 0.3) is 0 Å². The molecular weight excluding hydrogens is 260 g/mol. The molecule has 1 fully saturated rings. The van der Waals surface area contributed by atoms with E-state index in [1.807, 2.05) is 0 Å². The molecule has 1 N–H and O–H groups in total. The van der Waals surface area contributed by atoms with E-state index in [9.17, 15) is 4.79 Å². The highest BCUT2D eigenvalue weighted by molar-refractivity contribution is 5.78. The first kappa shape index (κ1) is 16.0. The van der Waals surface area contributed by atoms with Crippen LogP contribution in [0.5, 0.6) is 0 Å². The van der Waals surface area contributed by atoms with Gasteiger partial charge in [-0.05, 0) is 44.7 Å². The molecule has 21 heavy (non-hydrogen) atoms. The minimum atomic E-state index is 0.153. The predicted octanol–water partition coefficient (Wildman–Crippen LogP) is 3.21. The summed E-state index contributed by atoms with van der Waals surface area (Å²) in [6.45, 7) is 10.8. The maximum absolute atomic E-state index is 12.1. The number of carbonyl (C=O) groups excluding carboxylic acids is 1. The molecule has 1 aromatic rings. The van der Waals surface area contributed by atoms with Gasteiger partial charge in [0.2, 0.25) is 5.91 Å². The molecule has 0 spiro atoms. The zero-order valence-electron chi connectivity index (χ0n) is 13.8. The number of aryl methyl sites for hydroxylation is 2. The molecule has 1 heterocycles. The maximum atomic E-state index is 12.1. The Kier molecular flexibility index (Phi) is 5.40. The predicted molar refractivity (Wildman–Crippen MR) is 87.3 cm³/mol. The third kappa shape index (κ3) is 4.57. The summed E-state index contributed by atoms with van der Waals surface area (Å²) in [5, 5.41) is 3.02. The van der Waals surface area contributed by atoms with Crippen molar-refractivity contribution in [3.05, 3.63) is 34.9 Å². The normalized spacial score (nSPS) is 19.2. The molecule has 0 bridgehead atoms. The van der Waals surface area contributed by atoms with Crippen LogP contribution in [0.4, 0.5) is 0 Å². The number of nitrogens with zero attached hydrogens (tertiary/aromatic N) is 1. The summed E-state index contributed by atoms with van der Waals surface area (Å²) in [5.41, 5.74) is 3.98. The fourth-order valence-corrected chi connectivity index (χ4v) is 3.15. The van der Waals surface area contributed by atoms with Gasteiger partial charge in [-0.1, -0.05) is 43.2 Å². The molecule has 1 unspecified atom stereocenters. The second-order valence-corrected chi connectivity index (χ2v) is 6.75. The Labute approximate surface area is 128 Å². The number of carbonyl (C=O) groups is 1. The summed E-state index contributed by atoms with van der Waals surface area (Å²) in [6, 6.07) is 7.13. The molecule has 0 aromatic heterocycles. The third-order valence-corrected chi connectivity index (χ3v) is 4.05. The molecule has 0 aliphatic carbocycles. The highest BCUT2D eigenvalue weighted by Gasteiger charge is 2.27. The van der Waals surface area contributed by atoms with E-state index < -0.39 is 0 Å². The van der Waals surface area contributed by atoms with Gasteiger partial charge in [-0.3, -0.25) is 9.69 Å². The van der Waals surface area contributed by atoms with Crippen molar-refractivity contribution in [1.29, 1.82) is 0 Å². The number of benzene rings is 1. The molecule has 1 aromatic carbocycles. The van der Waals surface area contributed by atoms with Gasteiger partial charge in [0.1, 0.15) is 0 Å². The lowest BCUT2D eigenvalue weighted by Gasteiger charge is -2.25. The summed E-state index contributed by atoms with van der Waals surface area (Å²) in [7, 11) is 0. The zero-order valence-corrected chi connectivity index (χ0v) is 13.8. The van der Waals surface area contributed by atoms with Gasteiger partial charge in [-0.2, -0.15) is 0 Å². The van der Waals surface area contributed by atoms with Crippen molar-refractivity contribution >= 4 is 5.91 Å². The number of nitrogens with one attached hydrogen (secondary N) is 1. The molecule has 0 radical (unpaired) electrons. The average molecular weight is 288 g/mol. The molecule has 0 saturated carbocycles. The van der Waals surface area contributed by atoms with Crippen LogP contribution in [0.2, 0.25) is 0 Å². The van der Waals surface area contributed by atoms with Gasteiger partial charge in [0, 0.05) is 12.6 Å². The first-order valence-electron chi connectivity index (χ1n) is 8.04. The van der Waals surface area contributed by atoms with Crippen molar-refractivity contribution in [3.63, 3.8) is 0 Å². The molecule has 1 saturated heterocycles. The van der Waals surface area contributed by atoms with Gasteiger partial charge in [0.15, 0.2) is 0 Å². The fourth-order valence-electron chi connectivity index (χ4n) is 3.15. The summed E-state index contributed by atoms with van der Waals surface area (Å²) in [5.74, 6) is 0.655. The van der Waals surface area contributed by atoms with Crippen LogP contribution >= 0.6 is 0 Å². The van der Waals surface area contributed by atoms with Gasteiger partial charge in [-0.25, -0.2) is 0 Å². The SMILES string of the molecule is Cc1cc(C)cc(C2CCCN2CC(=O)NCC(C)C)c1. The number of hydrogen-bond donors (Lipinski definition) is 1. The smallest absolute Gasteiger partial charge is 0.234 e. The Morgan fingerprint density at radius 2 is 1.95 bits per heavy atom. The first-order valence-corrected chi connectivity index (χ1v) is 8.04. The van der Waals surface area contributed by atoms with Crippen molar-refractivity contribution in [2.75, 3.05) is 19.6 Å². The van der Waals surface area contributed by atoms with Crippen molar-refractivity contribution in [3.8, 4) is 0 Å². The van der Waals surface area contributed by atoms with Crippen LogP contribution in [-0.2, 0) is 4.79 Å². The minimum Gasteiger partial charge on any atom is -0.355 e. The van der Waals surface area contributed by atoms with Crippen molar-refractivity contribution in [2.24, 2.45) is 5.92 Å². The van der Waals surface area contributed by atoms with Crippen LogP contribution in [0.15, 0.2) is 18.2 Å². The summed E-state index contributed by atoms with van der Waals surface area (Å²) in [4.78, 5) is 14.4. The van der Waals surface area contributed by atoms with Crippen molar-refractivity contribution in [2.45, 2.75) is 46.6 Å². The summed E-state index contributed by atoms with van der Waals surface area (Å²) < 4.78 is 0. The summed E-state index contributed by atoms with van der Waals surface area (Å²) >= 11 is 0. The number of rotatable bonds is 5. The molecular formula is C18H28N2O. The van der Waals surface area contributed by atoms with Gasteiger partial charge < -0.3 is 5.32 Å². The van der Waals surface area contributed by atoms with Gasteiger partial charge >= 0.3 is 0 Å². The molecule has 3 heteroatoms. The lowest BCUT2D eigenvalue weighted by atomic mass is 9.99. The lowest BCUT2D eigenvalue weighted by Crippen LogP contribution is -2.38. The number of hydrogen-bond acceptors (Lipinski definition) is 2. The fraction of sp³-hybridized carbons (Fsp3) is 0.611. The van der Waals surface area contributed by atoms with Crippen molar-refractivity contribution < 1.29 is 4.79 Å². The maximum Gasteiger partial charge on any atom is 0.234 e. The van der Waals surface area contributed by atoms with Crippen LogP contribution in [0.3, 0.4) is 0 Å². The molecule has 1 atom stereocenters. The number of amides is 1. The molecule has 3 nitrogen and oxygen atoms in total. The Balaban J connectivity index is 2.01. The third-order valence-electron chi connectivity index (χ3n) is 4.05. The van der Waals surface area contributed by atoms with E-state index in [-0.39, 0.29) is 5.91 Å². The van der Waals surface area contributed by atoms with E-state index in [4.69, 9.17) is 0 Å². The Morgan fingerprint density at radius 1 is 1.29 bits per heavy atom. The van der Waals surface area contributed by atoms with Crippen LogP contribution in [0, 0.1) is 19.8 Å². The van der Waals surface area contributed by atoms with E-state index in [1.165, 1.54) is 23.1 Å². The van der Waals surface area contributed by atoms with Crippen molar-refractivity contribution in [1.82, 2.24) is 10.2 Å². The topological polar surface area (TPSA) is 32.3 Å². The van der Waals surface area contributed by atoms with E-state index in [2.05, 4.69) is 56.1 Å². The van der Waals surface area contributed by atoms with E-state index in [0.717, 1.165) is 19.5 Å². The average Bonchev–Trinajstić information content (AvgIpc) is 2.83. The van der Waals surface area contributed by atoms with E-state index in [0.29, 0.717) is 18.5 Å². The largest absolute Gasteiger partial charge is 0.355 e. The second-order valence-electron chi connectivity index (χ2n) is 6.75. The zero-order chi connectivity index (χ0) is 15.4. The Morgan fingerprint density at radius 3 is 2.57 bits per heavy atom. The molecule has 1 aliphatic rings. The van der Waals surface area contributed by atoms with Crippen LogP contribution in [0.1, 0.15) is 49.4 Å². The van der Waals surface area contributed by atoms with E-state index in [1.54, 1.807) is 0 Å². The first-order chi connectivity index (χ1) is 9.95. The Bertz CT molecular complexity index is 476.